The normalized spacial score (nSPS) is 10.2. The molecule has 0 atom stereocenters. The maximum absolute atomic E-state index is 9.67. The SMILES string of the molecule is N#Cc1c(N)nc(SCc2ccc(Cl)cc2)c(C#N)c1-c1ccsc1. The van der Waals surface area contributed by atoms with Crippen molar-refractivity contribution in [3.63, 3.8) is 0 Å². The number of hydrogen-bond acceptors (Lipinski definition) is 6. The van der Waals surface area contributed by atoms with Gasteiger partial charge in [0.25, 0.3) is 0 Å². The Balaban J connectivity index is 2.04. The molecule has 0 fully saturated rings. The van der Waals surface area contributed by atoms with Gasteiger partial charge >= 0.3 is 0 Å². The summed E-state index contributed by atoms with van der Waals surface area (Å²) in [5.74, 6) is 0.758. The summed E-state index contributed by atoms with van der Waals surface area (Å²) in [7, 11) is 0. The Morgan fingerprint density at radius 2 is 1.84 bits per heavy atom. The van der Waals surface area contributed by atoms with Crippen molar-refractivity contribution in [3.05, 3.63) is 62.8 Å². The monoisotopic (exact) mass is 382 g/mol. The van der Waals surface area contributed by atoms with Crippen LogP contribution in [0.15, 0.2) is 46.1 Å². The van der Waals surface area contributed by atoms with Gasteiger partial charge in [-0.05, 0) is 40.1 Å². The molecule has 122 valence electrons. The number of nitriles is 2. The van der Waals surface area contributed by atoms with Gasteiger partial charge in [0.15, 0.2) is 0 Å². The predicted octanol–water partition coefficient (Wildman–Crippen LogP) is 5.08. The van der Waals surface area contributed by atoms with Crippen molar-refractivity contribution >= 4 is 40.5 Å². The van der Waals surface area contributed by atoms with Gasteiger partial charge in [-0.25, -0.2) is 4.98 Å². The van der Waals surface area contributed by atoms with Crippen molar-refractivity contribution in [2.45, 2.75) is 10.8 Å². The summed E-state index contributed by atoms with van der Waals surface area (Å²) in [6.45, 7) is 0. The van der Waals surface area contributed by atoms with Gasteiger partial charge in [0, 0.05) is 16.3 Å². The molecule has 0 radical (unpaired) electrons. The number of nitrogens with zero attached hydrogens (tertiary/aromatic N) is 3. The molecule has 1 aromatic carbocycles. The van der Waals surface area contributed by atoms with E-state index in [4.69, 9.17) is 17.3 Å². The standard InChI is InChI=1S/C18H11ClN4S2/c19-13-3-1-11(2-4-13)9-25-18-15(8-21)16(12-5-6-24-10-12)14(7-20)17(22)23-18/h1-6,10H,9H2,(H2,22,23). The van der Waals surface area contributed by atoms with E-state index >= 15 is 0 Å². The fraction of sp³-hybridized carbons (Fsp3) is 0.0556. The number of rotatable bonds is 4. The average Bonchev–Trinajstić information content (AvgIpc) is 3.14. The molecule has 0 aliphatic rings. The van der Waals surface area contributed by atoms with Crippen LogP contribution in [0.5, 0.6) is 0 Å². The van der Waals surface area contributed by atoms with Gasteiger partial charge in [0.2, 0.25) is 0 Å². The lowest BCUT2D eigenvalue weighted by molar-refractivity contribution is 1.11. The molecule has 0 spiro atoms. The molecule has 0 unspecified atom stereocenters. The number of nitrogen functional groups attached to an aromatic ring is 1. The molecule has 2 aromatic heterocycles. The Kier molecular flexibility index (Phi) is 5.25. The molecular weight excluding hydrogens is 372 g/mol. The number of hydrogen-bond donors (Lipinski definition) is 1. The zero-order valence-electron chi connectivity index (χ0n) is 12.9. The van der Waals surface area contributed by atoms with Gasteiger partial charge in [-0.3, -0.25) is 0 Å². The lowest BCUT2D eigenvalue weighted by Crippen LogP contribution is -2.03. The minimum atomic E-state index is 0.140. The Morgan fingerprint density at radius 3 is 2.44 bits per heavy atom. The molecule has 7 heteroatoms. The molecule has 0 aliphatic carbocycles. The minimum absolute atomic E-state index is 0.140. The Bertz CT molecular complexity index is 984. The fourth-order valence-corrected chi connectivity index (χ4v) is 4.05. The lowest BCUT2D eigenvalue weighted by atomic mass is 9.99. The molecule has 0 saturated heterocycles. The average molecular weight is 383 g/mol. The zero-order chi connectivity index (χ0) is 17.8. The number of anilines is 1. The van der Waals surface area contributed by atoms with Crippen molar-refractivity contribution < 1.29 is 0 Å². The van der Waals surface area contributed by atoms with E-state index in [-0.39, 0.29) is 11.4 Å². The number of thiophene rings is 1. The fourth-order valence-electron chi connectivity index (χ4n) is 2.33. The van der Waals surface area contributed by atoms with E-state index in [1.54, 1.807) is 0 Å². The zero-order valence-corrected chi connectivity index (χ0v) is 15.3. The maximum Gasteiger partial charge on any atom is 0.143 e. The van der Waals surface area contributed by atoms with Gasteiger partial charge in [0.05, 0.1) is 5.56 Å². The highest BCUT2D eigenvalue weighted by Crippen LogP contribution is 2.37. The van der Waals surface area contributed by atoms with Crippen LogP contribution in [0.25, 0.3) is 11.1 Å². The quantitative estimate of drug-likeness (QED) is 0.635. The molecular formula is C18H11ClN4S2. The molecule has 2 heterocycles. The van der Waals surface area contributed by atoms with Crippen molar-refractivity contribution in [2.24, 2.45) is 0 Å². The molecule has 0 bridgehead atoms. The smallest absolute Gasteiger partial charge is 0.143 e. The van der Waals surface area contributed by atoms with Crippen LogP contribution in [0.4, 0.5) is 5.82 Å². The van der Waals surface area contributed by atoms with E-state index in [2.05, 4.69) is 17.1 Å². The summed E-state index contributed by atoms with van der Waals surface area (Å²) in [6.07, 6.45) is 0. The molecule has 2 N–H and O–H groups in total. The van der Waals surface area contributed by atoms with Crippen molar-refractivity contribution in [2.75, 3.05) is 5.73 Å². The summed E-state index contributed by atoms with van der Waals surface area (Å²) in [4.78, 5) is 4.29. The van der Waals surface area contributed by atoms with Crippen LogP contribution >= 0.6 is 34.7 Å². The second-order valence-electron chi connectivity index (χ2n) is 5.08. The van der Waals surface area contributed by atoms with Crippen LogP contribution in [0, 0.1) is 22.7 Å². The topological polar surface area (TPSA) is 86.5 Å². The number of nitrogens with two attached hydrogens (primary N) is 1. The molecule has 0 saturated carbocycles. The van der Waals surface area contributed by atoms with Crippen molar-refractivity contribution in [1.29, 1.82) is 10.5 Å². The second kappa shape index (κ2) is 7.58. The summed E-state index contributed by atoms with van der Waals surface area (Å²) >= 11 is 8.81. The highest BCUT2D eigenvalue weighted by molar-refractivity contribution is 7.98. The maximum atomic E-state index is 9.67. The molecule has 3 rings (SSSR count). The van der Waals surface area contributed by atoms with Gasteiger partial charge in [0.1, 0.15) is 28.5 Å². The van der Waals surface area contributed by atoms with Crippen LogP contribution in [0.2, 0.25) is 5.02 Å². The number of thioether (sulfide) groups is 1. The number of halogens is 1. The Morgan fingerprint density at radius 1 is 1.12 bits per heavy atom. The highest BCUT2D eigenvalue weighted by Gasteiger charge is 2.20. The van der Waals surface area contributed by atoms with Crippen LogP contribution < -0.4 is 5.73 Å². The predicted molar refractivity (Wildman–Crippen MR) is 102 cm³/mol. The Hall–Kier alpha value is -2.51. The van der Waals surface area contributed by atoms with E-state index in [0.29, 0.717) is 26.9 Å². The molecule has 4 nitrogen and oxygen atoms in total. The first-order valence-electron chi connectivity index (χ1n) is 7.17. The van der Waals surface area contributed by atoms with E-state index in [1.807, 2.05) is 41.1 Å². The largest absolute Gasteiger partial charge is 0.383 e. The summed E-state index contributed by atoms with van der Waals surface area (Å²) < 4.78 is 0. The van der Waals surface area contributed by atoms with Gasteiger partial charge < -0.3 is 5.73 Å². The molecule has 0 amide bonds. The summed E-state index contributed by atoms with van der Waals surface area (Å²) in [5, 5.41) is 24.1. The first kappa shape index (κ1) is 17.3. The van der Waals surface area contributed by atoms with E-state index in [1.165, 1.54) is 23.1 Å². The third kappa shape index (κ3) is 3.62. The summed E-state index contributed by atoms with van der Waals surface area (Å²) in [6, 6.07) is 13.6. The van der Waals surface area contributed by atoms with Crippen molar-refractivity contribution in [1.82, 2.24) is 4.98 Å². The summed E-state index contributed by atoms with van der Waals surface area (Å²) in [5.41, 5.74) is 9.01. The molecule has 0 aliphatic heterocycles. The van der Waals surface area contributed by atoms with Crippen LogP contribution in [0.1, 0.15) is 16.7 Å². The van der Waals surface area contributed by atoms with Gasteiger partial charge in [-0.15, -0.1) is 11.8 Å². The van der Waals surface area contributed by atoms with E-state index in [0.717, 1.165) is 11.1 Å². The van der Waals surface area contributed by atoms with Gasteiger partial charge in [-0.1, -0.05) is 23.7 Å². The highest BCUT2D eigenvalue weighted by atomic mass is 35.5. The Labute approximate surface area is 158 Å². The first-order valence-corrected chi connectivity index (χ1v) is 9.48. The number of aromatic nitrogens is 1. The third-order valence-corrected chi connectivity index (χ3v) is 5.50. The van der Waals surface area contributed by atoms with Crippen LogP contribution in [-0.2, 0) is 5.75 Å². The van der Waals surface area contributed by atoms with Crippen molar-refractivity contribution in [3.8, 4) is 23.3 Å². The van der Waals surface area contributed by atoms with E-state index < -0.39 is 0 Å². The number of benzene rings is 1. The second-order valence-corrected chi connectivity index (χ2v) is 7.26. The molecule has 25 heavy (non-hydrogen) atoms. The first-order chi connectivity index (χ1) is 12.1. The number of pyridine rings is 1. The van der Waals surface area contributed by atoms with Crippen LogP contribution in [-0.4, -0.2) is 4.98 Å². The minimum Gasteiger partial charge on any atom is -0.383 e. The molecule has 3 aromatic rings. The van der Waals surface area contributed by atoms with Crippen LogP contribution in [0.3, 0.4) is 0 Å². The van der Waals surface area contributed by atoms with Gasteiger partial charge in [-0.2, -0.15) is 21.9 Å². The third-order valence-electron chi connectivity index (χ3n) is 3.51. The lowest BCUT2D eigenvalue weighted by Gasteiger charge is -2.12. The van der Waals surface area contributed by atoms with E-state index in [9.17, 15) is 10.5 Å².